The van der Waals surface area contributed by atoms with Crippen LogP contribution in [0, 0.1) is 0 Å². The van der Waals surface area contributed by atoms with Crippen LogP contribution in [-0.2, 0) is 13.6 Å². The Kier molecular flexibility index (Phi) is 3.99. The lowest BCUT2D eigenvalue weighted by Crippen LogP contribution is -2.28. The minimum atomic E-state index is 0.517. The van der Waals surface area contributed by atoms with Crippen molar-refractivity contribution in [2.24, 2.45) is 7.05 Å². The van der Waals surface area contributed by atoms with Crippen LogP contribution in [0.25, 0.3) is 11.0 Å². The highest BCUT2D eigenvalue weighted by Gasteiger charge is 2.13. The second-order valence-corrected chi connectivity index (χ2v) is 4.92. The van der Waals surface area contributed by atoms with Gasteiger partial charge in [0.05, 0.1) is 18.1 Å². The lowest BCUT2D eigenvalue weighted by Gasteiger charge is -2.22. The zero-order valence-electron chi connectivity index (χ0n) is 12.3. The van der Waals surface area contributed by atoms with Crippen molar-refractivity contribution in [3.05, 3.63) is 12.0 Å². The van der Waals surface area contributed by atoms with Crippen LogP contribution in [0.1, 0.15) is 26.1 Å². The quantitative estimate of drug-likeness (QED) is 0.887. The largest absolute Gasteiger partial charge is 0.372 e. The van der Waals surface area contributed by atoms with E-state index in [2.05, 4.69) is 46.2 Å². The zero-order valence-corrected chi connectivity index (χ0v) is 12.3. The maximum absolute atomic E-state index is 4.61. The Morgan fingerprint density at radius 1 is 1.42 bits per heavy atom. The number of aromatic nitrogens is 4. The summed E-state index contributed by atoms with van der Waals surface area (Å²) in [7, 11) is 5.87. The van der Waals surface area contributed by atoms with Crippen molar-refractivity contribution < 1.29 is 0 Å². The van der Waals surface area contributed by atoms with Gasteiger partial charge in [-0.25, -0.2) is 9.97 Å². The van der Waals surface area contributed by atoms with Gasteiger partial charge in [0.2, 0.25) is 0 Å². The highest BCUT2D eigenvalue weighted by atomic mass is 15.3. The fourth-order valence-corrected chi connectivity index (χ4v) is 2.02. The van der Waals surface area contributed by atoms with Crippen LogP contribution < -0.4 is 5.32 Å². The summed E-state index contributed by atoms with van der Waals surface area (Å²) in [5, 5.41) is 8.31. The summed E-state index contributed by atoms with van der Waals surface area (Å²) < 4.78 is 1.78. The van der Waals surface area contributed by atoms with Crippen molar-refractivity contribution in [3.8, 4) is 0 Å². The van der Waals surface area contributed by atoms with Gasteiger partial charge in [-0.3, -0.25) is 9.58 Å². The molecule has 0 radical (unpaired) electrons. The zero-order chi connectivity index (χ0) is 14.0. The van der Waals surface area contributed by atoms with Crippen LogP contribution >= 0.6 is 0 Å². The molecule has 6 heteroatoms. The average molecular weight is 262 g/mol. The summed E-state index contributed by atoms with van der Waals surface area (Å²) in [6.45, 7) is 5.14. The molecule has 0 bridgehead atoms. The summed E-state index contributed by atoms with van der Waals surface area (Å²) in [6, 6.07) is 0.517. The molecule has 19 heavy (non-hydrogen) atoms. The molecular weight excluding hydrogens is 240 g/mol. The van der Waals surface area contributed by atoms with Crippen LogP contribution in [0.15, 0.2) is 6.20 Å². The highest BCUT2D eigenvalue weighted by Crippen LogP contribution is 2.19. The monoisotopic (exact) mass is 262 g/mol. The van der Waals surface area contributed by atoms with Gasteiger partial charge in [-0.15, -0.1) is 0 Å². The van der Waals surface area contributed by atoms with Gasteiger partial charge in [-0.05, 0) is 20.4 Å². The first-order valence-corrected chi connectivity index (χ1v) is 6.63. The molecule has 2 aromatic heterocycles. The molecule has 0 aliphatic rings. The molecule has 2 aromatic rings. The molecule has 104 valence electrons. The van der Waals surface area contributed by atoms with Crippen LogP contribution in [0.2, 0.25) is 0 Å². The first-order chi connectivity index (χ1) is 9.06. The van der Waals surface area contributed by atoms with Gasteiger partial charge in [0.15, 0.2) is 5.65 Å². The Balaban J connectivity index is 2.36. The second kappa shape index (κ2) is 5.52. The molecule has 2 rings (SSSR count). The molecule has 0 aromatic carbocycles. The van der Waals surface area contributed by atoms with E-state index in [4.69, 9.17) is 0 Å². The molecule has 2 heterocycles. The minimum absolute atomic E-state index is 0.517. The fraction of sp³-hybridized carbons (Fsp3) is 0.615. The van der Waals surface area contributed by atoms with Crippen molar-refractivity contribution in [1.29, 1.82) is 0 Å². The SMILES string of the molecule is CCC(C)N(C)Cc1nc(NC)c2cnn(C)c2n1. The van der Waals surface area contributed by atoms with Gasteiger partial charge >= 0.3 is 0 Å². The van der Waals surface area contributed by atoms with Gasteiger partial charge < -0.3 is 5.32 Å². The molecule has 0 spiro atoms. The van der Waals surface area contributed by atoms with Gasteiger partial charge in [0, 0.05) is 20.1 Å². The fourth-order valence-electron chi connectivity index (χ4n) is 2.02. The van der Waals surface area contributed by atoms with Gasteiger partial charge in [0.1, 0.15) is 11.6 Å². The number of hydrogen-bond acceptors (Lipinski definition) is 5. The van der Waals surface area contributed by atoms with Crippen molar-refractivity contribution in [1.82, 2.24) is 24.6 Å². The molecule has 0 aliphatic heterocycles. The standard InChI is InChI=1S/C13H22N6/c1-6-9(2)18(4)8-11-16-12(14-3)10-7-15-19(5)13(10)17-11/h7,9H,6,8H2,1-5H3,(H,14,16,17). The predicted molar refractivity (Wildman–Crippen MR) is 77.1 cm³/mol. The Morgan fingerprint density at radius 2 is 2.16 bits per heavy atom. The maximum atomic E-state index is 4.61. The van der Waals surface area contributed by atoms with E-state index < -0.39 is 0 Å². The smallest absolute Gasteiger partial charge is 0.163 e. The molecule has 0 amide bonds. The average Bonchev–Trinajstić information content (AvgIpc) is 2.78. The Labute approximate surface area is 113 Å². The van der Waals surface area contributed by atoms with Crippen molar-refractivity contribution >= 4 is 16.9 Å². The number of aryl methyl sites for hydroxylation is 1. The minimum Gasteiger partial charge on any atom is -0.372 e. The number of fused-ring (bicyclic) bond motifs is 1. The molecule has 1 atom stereocenters. The van der Waals surface area contributed by atoms with Gasteiger partial charge in [-0.2, -0.15) is 5.10 Å². The van der Waals surface area contributed by atoms with Crippen molar-refractivity contribution in [3.63, 3.8) is 0 Å². The van der Waals surface area contributed by atoms with E-state index in [0.717, 1.165) is 35.6 Å². The molecule has 0 saturated heterocycles. The van der Waals surface area contributed by atoms with E-state index in [1.165, 1.54) is 0 Å². The summed E-state index contributed by atoms with van der Waals surface area (Å²) in [4.78, 5) is 11.4. The summed E-state index contributed by atoms with van der Waals surface area (Å²) in [5.74, 6) is 1.66. The highest BCUT2D eigenvalue weighted by molar-refractivity contribution is 5.86. The molecule has 0 aliphatic carbocycles. The first-order valence-electron chi connectivity index (χ1n) is 6.63. The summed E-state index contributed by atoms with van der Waals surface area (Å²) in [6.07, 6.45) is 2.91. The third-order valence-corrected chi connectivity index (χ3v) is 3.61. The van der Waals surface area contributed by atoms with Crippen molar-refractivity contribution in [2.75, 3.05) is 19.4 Å². The number of nitrogens with one attached hydrogen (secondary N) is 1. The Bertz CT molecular complexity index is 562. The lowest BCUT2D eigenvalue weighted by molar-refractivity contribution is 0.238. The second-order valence-electron chi connectivity index (χ2n) is 4.92. The van der Waals surface area contributed by atoms with Crippen LogP contribution in [-0.4, -0.2) is 44.8 Å². The van der Waals surface area contributed by atoms with Crippen LogP contribution in [0.5, 0.6) is 0 Å². The molecule has 1 N–H and O–H groups in total. The first kappa shape index (κ1) is 13.7. The number of hydrogen-bond donors (Lipinski definition) is 1. The predicted octanol–water partition coefficient (Wildman–Crippen LogP) is 1.64. The van der Waals surface area contributed by atoms with E-state index in [-0.39, 0.29) is 0 Å². The van der Waals surface area contributed by atoms with E-state index >= 15 is 0 Å². The van der Waals surface area contributed by atoms with E-state index in [9.17, 15) is 0 Å². The van der Waals surface area contributed by atoms with Gasteiger partial charge in [0.25, 0.3) is 0 Å². The van der Waals surface area contributed by atoms with E-state index in [0.29, 0.717) is 6.04 Å². The molecule has 1 unspecified atom stereocenters. The summed E-state index contributed by atoms with van der Waals surface area (Å²) in [5.41, 5.74) is 0.868. The third-order valence-electron chi connectivity index (χ3n) is 3.61. The van der Waals surface area contributed by atoms with Crippen LogP contribution in [0.4, 0.5) is 5.82 Å². The lowest BCUT2D eigenvalue weighted by atomic mass is 10.2. The molecule has 0 saturated carbocycles. The van der Waals surface area contributed by atoms with E-state index in [1.54, 1.807) is 10.9 Å². The number of nitrogens with zero attached hydrogens (tertiary/aromatic N) is 5. The Morgan fingerprint density at radius 3 is 2.79 bits per heavy atom. The topological polar surface area (TPSA) is 58.9 Å². The molecular formula is C13H22N6. The normalized spacial score (nSPS) is 13.2. The maximum Gasteiger partial charge on any atom is 0.163 e. The third kappa shape index (κ3) is 2.68. The Hall–Kier alpha value is -1.69. The summed E-state index contributed by atoms with van der Waals surface area (Å²) >= 11 is 0. The molecule has 6 nitrogen and oxygen atoms in total. The van der Waals surface area contributed by atoms with Crippen molar-refractivity contribution in [2.45, 2.75) is 32.9 Å². The van der Waals surface area contributed by atoms with Gasteiger partial charge in [-0.1, -0.05) is 6.92 Å². The molecule has 0 fully saturated rings. The number of anilines is 1. The van der Waals surface area contributed by atoms with Crippen LogP contribution in [0.3, 0.4) is 0 Å². The van der Waals surface area contributed by atoms with E-state index in [1.807, 2.05) is 14.1 Å². The number of rotatable bonds is 5.